The topological polar surface area (TPSA) is 38.5 Å². The zero-order valence-electron chi connectivity index (χ0n) is 7.63. The van der Waals surface area contributed by atoms with Gasteiger partial charge in [-0.25, -0.2) is 0 Å². The molecule has 1 fully saturated rings. The second-order valence-electron chi connectivity index (χ2n) is 3.55. The molecule has 2 N–H and O–H groups in total. The van der Waals surface area contributed by atoms with Crippen molar-refractivity contribution in [1.29, 1.82) is 0 Å². The number of hydrogen-bond donors (Lipinski definition) is 1. The monoisotopic (exact) mass is 158 g/mol. The molecule has 0 aromatic carbocycles. The fourth-order valence-electron chi connectivity index (χ4n) is 1.53. The summed E-state index contributed by atoms with van der Waals surface area (Å²) < 4.78 is 5.25. The number of nitrogens with two attached hydrogens (primary N) is 1. The van der Waals surface area contributed by atoms with Crippen LogP contribution < -0.4 is 5.73 Å². The highest BCUT2D eigenvalue weighted by Crippen LogP contribution is 2.23. The summed E-state index contributed by atoms with van der Waals surface area (Å²) in [6, 6.07) is 0.536. The Labute approximate surface area is 68.5 Å². The number of piperidine rings is 1. The van der Waals surface area contributed by atoms with Crippen molar-refractivity contribution in [1.82, 2.24) is 4.90 Å². The molecular weight excluding hydrogens is 140 g/mol. The van der Waals surface area contributed by atoms with Gasteiger partial charge in [-0.05, 0) is 14.0 Å². The lowest BCUT2D eigenvalue weighted by molar-refractivity contribution is -0.0642. The van der Waals surface area contributed by atoms with E-state index in [0.29, 0.717) is 6.04 Å². The molecule has 0 amide bonds. The third-order valence-electron chi connectivity index (χ3n) is 2.69. The Bertz CT molecular complexity index is 140. The number of nitrogens with zero attached hydrogens (tertiary/aromatic N) is 1. The van der Waals surface area contributed by atoms with Gasteiger partial charge in [-0.15, -0.1) is 0 Å². The van der Waals surface area contributed by atoms with Crippen LogP contribution in [0.1, 0.15) is 19.8 Å². The highest BCUT2D eigenvalue weighted by molar-refractivity contribution is 4.85. The Morgan fingerprint density at radius 1 is 1.64 bits per heavy atom. The Hall–Kier alpha value is -0.120. The second kappa shape index (κ2) is 3.09. The quantitative estimate of drug-likeness (QED) is 0.561. The van der Waals surface area contributed by atoms with Gasteiger partial charge in [0.25, 0.3) is 0 Å². The molecule has 0 aromatic heterocycles. The van der Waals surface area contributed by atoms with Crippen LogP contribution in [0.4, 0.5) is 0 Å². The molecule has 1 heterocycles. The van der Waals surface area contributed by atoms with Gasteiger partial charge in [0.15, 0.2) is 0 Å². The standard InChI is InChI=1S/C8H18N2O/c1-7-6-8(9,11-3)4-5-10(7)2/h7H,4-6,9H2,1-3H3. The van der Waals surface area contributed by atoms with Gasteiger partial charge in [-0.3, -0.25) is 0 Å². The van der Waals surface area contributed by atoms with Crippen LogP contribution in [0.3, 0.4) is 0 Å². The van der Waals surface area contributed by atoms with Gasteiger partial charge < -0.3 is 15.4 Å². The first kappa shape index (κ1) is 8.97. The van der Waals surface area contributed by atoms with Gasteiger partial charge in [-0.1, -0.05) is 0 Å². The lowest BCUT2D eigenvalue weighted by Gasteiger charge is -2.40. The molecule has 2 unspecified atom stereocenters. The van der Waals surface area contributed by atoms with E-state index < -0.39 is 0 Å². The van der Waals surface area contributed by atoms with Crippen molar-refractivity contribution in [2.45, 2.75) is 31.5 Å². The van der Waals surface area contributed by atoms with Crippen LogP contribution in [-0.4, -0.2) is 37.4 Å². The van der Waals surface area contributed by atoms with E-state index in [1.54, 1.807) is 7.11 Å². The SMILES string of the molecule is COC1(N)CCN(C)C(C)C1. The summed E-state index contributed by atoms with van der Waals surface area (Å²) in [6.45, 7) is 3.21. The van der Waals surface area contributed by atoms with Crippen molar-refractivity contribution in [3.05, 3.63) is 0 Å². The molecular formula is C8H18N2O. The molecule has 66 valence electrons. The van der Waals surface area contributed by atoms with Crippen molar-refractivity contribution in [2.24, 2.45) is 5.73 Å². The van der Waals surface area contributed by atoms with E-state index in [0.717, 1.165) is 19.4 Å². The molecule has 2 atom stereocenters. The summed E-state index contributed by atoms with van der Waals surface area (Å²) in [5.41, 5.74) is 5.59. The molecule has 1 aliphatic heterocycles. The largest absolute Gasteiger partial charge is 0.364 e. The highest BCUT2D eigenvalue weighted by Gasteiger charge is 2.33. The average Bonchev–Trinajstić information content (AvgIpc) is 1.98. The maximum absolute atomic E-state index is 5.96. The highest BCUT2D eigenvalue weighted by atomic mass is 16.5. The van der Waals surface area contributed by atoms with Crippen molar-refractivity contribution >= 4 is 0 Å². The van der Waals surface area contributed by atoms with E-state index in [4.69, 9.17) is 10.5 Å². The lowest BCUT2D eigenvalue weighted by Crippen LogP contribution is -2.54. The van der Waals surface area contributed by atoms with Gasteiger partial charge in [0.2, 0.25) is 0 Å². The van der Waals surface area contributed by atoms with Crippen molar-refractivity contribution in [3.8, 4) is 0 Å². The van der Waals surface area contributed by atoms with Crippen molar-refractivity contribution in [3.63, 3.8) is 0 Å². The summed E-state index contributed by atoms with van der Waals surface area (Å²) in [5.74, 6) is 0. The molecule has 1 rings (SSSR count). The van der Waals surface area contributed by atoms with E-state index in [1.165, 1.54) is 0 Å². The van der Waals surface area contributed by atoms with Crippen LogP contribution in [0.2, 0.25) is 0 Å². The molecule has 11 heavy (non-hydrogen) atoms. The fourth-order valence-corrected chi connectivity index (χ4v) is 1.53. The Kier molecular flexibility index (Phi) is 2.52. The van der Waals surface area contributed by atoms with Gasteiger partial charge in [0.1, 0.15) is 5.72 Å². The van der Waals surface area contributed by atoms with Crippen LogP contribution in [0.15, 0.2) is 0 Å². The zero-order chi connectivity index (χ0) is 8.48. The maximum atomic E-state index is 5.96. The number of ether oxygens (including phenoxy) is 1. The first-order valence-corrected chi connectivity index (χ1v) is 4.12. The minimum absolute atomic E-state index is 0.369. The summed E-state index contributed by atoms with van der Waals surface area (Å²) in [4.78, 5) is 2.31. The first-order valence-electron chi connectivity index (χ1n) is 4.12. The minimum atomic E-state index is -0.369. The van der Waals surface area contributed by atoms with Crippen molar-refractivity contribution < 1.29 is 4.74 Å². The summed E-state index contributed by atoms with van der Waals surface area (Å²) in [5, 5.41) is 0. The average molecular weight is 158 g/mol. The Morgan fingerprint density at radius 3 is 2.73 bits per heavy atom. The normalized spacial score (nSPS) is 40.9. The van der Waals surface area contributed by atoms with E-state index in [1.807, 2.05) is 0 Å². The van der Waals surface area contributed by atoms with Crippen LogP contribution in [-0.2, 0) is 4.74 Å². The summed E-state index contributed by atoms with van der Waals surface area (Å²) >= 11 is 0. The summed E-state index contributed by atoms with van der Waals surface area (Å²) in [6.07, 6.45) is 1.87. The van der Waals surface area contributed by atoms with Crippen LogP contribution in [0.25, 0.3) is 0 Å². The van der Waals surface area contributed by atoms with Crippen LogP contribution >= 0.6 is 0 Å². The van der Waals surface area contributed by atoms with E-state index in [-0.39, 0.29) is 5.72 Å². The van der Waals surface area contributed by atoms with E-state index >= 15 is 0 Å². The molecule has 0 spiro atoms. The Morgan fingerprint density at radius 2 is 2.27 bits per heavy atom. The smallest absolute Gasteiger partial charge is 0.119 e. The first-order chi connectivity index (χ1) is 5.07. The third kappa shape index (κ3) is 1.92. The second-order valence-corrected chi connectivity index (χ2v) is 3.55. The molecule has 0 radical (unpaired) electrons. The van der Waals surface area contributed by atoms with Crippen LogP contribution in [0, 0.1) is 0 Å². The van der Waals surface area contributed by atoms with Gasteiger partial charge in [0.05, 0.1) is 0 Å². The third-order valence-corrected chi connectivity index (χ3v) is 2.69. The molecule has 0 saturated carbocycles. The minimum Gasteiger partial charge on any atom is -0.364 e. The van der Waals surface area contributed by atoms with Gasteiger partial charge >= 0.3 is 0 Å². The molecule has 3 heteroatoms. The number of rotatable bonds is 1. The molecule has 1 saturated heterocycles. The predicted molar refractivity (Wildman–Crippen MR) is 45.3 cm³/mol. The maximum Gasteiger partial charge on any atom is 0.119 e. The lowest BCUT2D eigenvalue weighted by atomic mass is 9.96. The van der Waals surface area contributed by atoms with E-state index in [9.17, 15) is 0 Å². The number of likely N-dealkylation sites (tertiary alicyclic amines) is 1. The van der Waals surface area contributed by atoms with Crippen molar-refractivity contribution in [2.75, 3.05) is 20.7 Å². The number of hydrogen-bond acceptors (Lipinski definition) is 3. The number of methoxy groups -OCH3 is 1. The predicted octanol–water partition coefficient (Wildman–Crippen LogP) is 0.402. The molecule has 3 nitrogen and oxygen atoms in total. The fraction of sp³-hybridized carbons (Fsp3) is 1.00. The molecule has 0 aliphatic carbocycles. The van der Waals surface area contributed by atoms with Gasteiger partial charge in [-0.2, -0.15) is 0 Å². The zero-order valence-corrected chi connectivity index (χ0v) is 7.63. The van der Waals surface area contributed by atoms with Crippen LogP contribution in [0.5, 0.6) is 0 Å². The molecule has 0 aromatic rings. The Balaban J connectivity index is 2.51. The summed E-state index contributed by atoms with van der Waals surface area (Å²) in [7, 11) is 3.82. The van der Waals surface area contributed by atoms with Gasteiger partial charge in [0, 0.05) is 32.5 Å². The molecule has 1 aliphatic rings. The molecule has 0 bridgehead atoms. The van der Waals surface area contributed by atoms with E-state index in [2.05, 4.69) is 18.9 Å².